The van der Waals surface area contributed by atoms with Crippen LogP contribution in [-0.2, 0) is 11.3 Å². The fourth-order valence-electron chi connectivity index (χ4n) is 5.25. The molecule has 0 saturated carbocycles. The summed E-state index contributed by atoms with van der Waals surface area (Å²) in [5, 5.41) is 16.2. The lowest BCUT2D eigenvalue weighted by Gasteiger charge is -2.33. The second kappa shape index (κ2) is 10.3. The van der Waals surface area contributed by atoms with Crippen molar-refractivity contribution in [3.05, 3.63) is 76.8 Å². The zero-order valence-corrected chi connectivity index (χ0v) is 20.4. The molecule has 2 aliphatic heterocycles. The molecule has 3 aromatic carbocycles. The van der Waals surface area contributed by atoms with Crippen LogP contribution in [0.1, 0.15) is 41.6 Å². The molecule has 35 heavy (non-hydrogen) atoms. The van der Waals surface area contributed by atoms with E-state index in [2.05, 4.69) is 22.3 Å². The average Bonchev–Trinajstić information content (AvgIpc) is 3.37. The van der Waals surface area contributed by atoms with Gasteiger partial charge in [0.05, 0.1) is 5.56 Å². The van der Waals surface area contributed by atoms with Gasteiger partial charge in [-0.05, 0) is 54.8 Å². The number of piperidine rings is 1. The Bertz CT molecular complexity index is 1220. The number of nitrogens with one attached hydrogen (secondary N) is 1. The van der Waals surface area contributed by atoms with Crippen LogP contribution in [0.25, 0.3) is 10.8 Å². The third kappa shape index (κ3) is 5.14. The number of aromatic hydroxyl groups is 1. The summed E-state index contributed by atoms with van der Waals surface area (Å²) < 4.78 is 0. The van der Waals surface area contributed by atoms with Gasteiger partial charge in [-0.15, -0.1) is 0 Å². The first-order valence-corrected chi connectivity index (χ1v) is 12.7. The van der Waals surface area contributed by atoms with Crippen molar-refractivity contribution in [1.29, 1.82) is 0 Å². The van der Waals surface area contributed by atoms with Gasteiger partial charge in [-0.1, -0.05) is 54.1 Å². The molecule has 0 aliphatic carbocycles. The number of hydrogen-bond donors (Lipinski definition) is 2. The second-order valence-corrected chi connectivity index (χ2v) is 9.96. The van der Waals surface area contributed by atoms with E-state index >= 15 is 0 Å². The van der Waals surface area contributed by atoms with Gasteiger partial charge in [0.1, 0.15) is 11.8 Å². The molecule has 2 heterocycles. The summed E-state index contributed by atoms with van der Waals surface area (Å²) in [4.78, 5) is 30.5. The van der Waals surface area contributed by atoms with Gasteiger partial charge < -0.3 is 15.3 Å². The van der Waals surface area contributed by atoms with E-state index in [1.165, 1.54) is 5.56 Å². The highest BCUT2D eigenvalue weighted by Crippen LogP contribution is 2.31. The summed E-state index contributed by atoms with van der Waals surface area (Å²) in [6, 6.07) is 18.5. The molecular weight excluding hydrogens is 462 g/mol. The Morgan fingerprint density at radius 1 is 0.943 bits per heavy atom. The Balaban J connectivity index is 1.19. The Morgan fingerprint density at radius 2 is 1.69 bits per heavy atom. The number of hydrogen-bond acceptors (Lipinski definition) is 4. The topological polar surface area (TPSA) is 72.9 Å². The number of benzene rings is 3. The van der Waals surface area contributed by atoms with E-state index in [0.29, 0.717) is 18.4 Å². The van der Waals surface area contributed by atoms with Crippen molar-refractivity contribution in [3.8, 4) is 5.75 Å². The average molecular weight is 492 g/mol. The van der Waals surface area contributed by atoms with Gasteiger partial charge in [0, 0.05) is 42.6 Å². The molecule has 2 saturated heterocycles. The minimum Gasteiger partial charge on any atom is -0.506 e. The predicted octanol–water partition coefficient (Wildman–Crippen LogP) is 4.58. The van der Waals surface area contributed by atoms with Crippen molar-refractivity contribution in [2.75, 3.05) is 19.6 Å². The summed E-state index contributed by atoms with van der Waals surface area (Å²) >= 11 is 5.98. The molecule has 182 valence electrons. The quantitative estimate of drug-likeness (QED) is 0.547. The maximum Gasteiger partial charge on any atom is 0.258 e. The maximum atomic E-state index is 13.3. The fraction of sp³-hybridized carbons (Fsp3) is 0.357. The number of fused-ring (bicyclic) bond motifs is 1. The molecule has 2 aliphatic rings. The largest absolute Gasteiger partial charge is 0.506 e. The lowest BCUT2D eigenvalue weighted by atomic mass is 10.0. The van der Waals surface area contributed by atoms with E-state index in [1.54, 1.807) is 17.0 Å². The molecule has 2 fully saturated rings. The highest BCUT2D eigenvalue weighted by atomic mass is 35.5. The van der Waals surface area contributed by atoms with Crippen LogP contribution in [0.3, 0.4) is 0 Å². The van der Waals surface area contributed by atoms with E-state index in [-0.39, 0.29) is 29.2 Å². The van der Waals surface area contributed by atoms with Gasteiger partial charge in [0.25, 0.3) is 5.91 Å². The van der Waals surface area contributed by atoms with Crippen LogP contribution in [0.15, 0.2) is 60.7 Å². The molecule has 0 bridgehead atoms. The fourth-order valence-corrected chi connectivity index (χ4v) is 5.37. The Kier molecular flexibility index (Phi) is 6.93. The number of amides is 2. The van der Waals surface area contributed by atoms with Gasteiger partial charge in [-0.25, -0.2) is 0 Å². The molecule has 0 radical (unpaired) electrons. The molecule has 0 spiro atoms. The smallest absolute Gasteiger partial charge is 0.258 e. The lowest BCUT2D eigenvalue weighted by molar-refractivity contribution is -0.125. The van der Waals surface area contributed by atoms with Gasteiger partial charge >= 0.3 is 0 Å². The molecule has 6 nitrogen and oxygen atoms in total. The van der Waals surface area contributed by atoms with E-state index in [9.17, 15) is 14.7 Å². The third-order valence-corrected chi connectivity index (χ3v) is 7.45. The highest BCUT2D eigenvalue weighted by molar-refractivity contribution is 6.30. The Labute approximate surface area is 210 Å². The molecule has 7 heteroatoms. The van der Waals surface area contributed by atoms with Crippen LogP contribution in [-0.4, -0.2) is 58.4 Å². The summed E-state index contributed by atoms with van der Waals surface area (Å²) in [7, 11) is 0. The standard InChI is InChI=1S/C28H30ClN3O3/c29-21-10-7-19(8-11-21)18-31-16-13-22(14-17-31)30-27(34)25-6-3-15-32(25)28(35)24-12-9-20-4-1-2-5-23(20)26(24)33/h1-2,4-5,7-12,22,25,33H,3,6,13-18H2,(H,30,34)/t25-/m0/s1. The summed E-state index contributed by atoms with van der Waals surface area (Å²) in [5.41, 5.74) is 1.48. The number of carbonyl (C=O) groups is 2. The van der Waals surface area contributed by atoms with Crippen molar-refractivity contribution in [1.82, 2.24) is 15.1 Å². The number of carbonyl (C=O) groups excluding carboxylic acids is 2. The number of nitrogens with zero attached hydrogens (tertiary/aromatic N) is 2. The molecular formula is C28H30ClN3O3. The van der Waals surface area contributed by atoms with Gasteiger partial charge in [-0.3, -0.25) is 14.5 Å². The van der Waals surface area contributed by atoms with Crippen LogP contribution < -0.4 is 5.32 Å². The van der Waals surface area contributed by atoms with Gasteiger partial charge in [0.2, 0.25) is 5.91 Å². The zero-order chi connectivity index (χ0) is 24.4. The molecule has 1 atom stereocenters. The van der Waals surface area contributed by atoms with Crippen molar-refractivity contribution >= 4 is 34.2 Å². The SMILES string of the molecule is O=C(NC1CCN(Cc2ccc(Cl)cc2)CC1)[C@@H]1CCCN1C(=O)c1ccc2ccccc2c1O. The first-order chi connectivity index (χ1) is 17.0. The normalized spacial score (nSPS) is 19.2. The molecule has 2 N–H and O–H groups in total. The second-order valence-electron chi connectivity index (χ2n) is 9.52. The van der Waals surface area contributed by atoms with Crippen LogP contribution in [0.5, 0.6) is 5.75 Å². The highest BCUT2D eigenvalue weighted by Gasteiger charge is 2.36. The van der Waals surface area contributed by atoms with Gasteiger partial charge in [-0.2, -0.15) is 0 Å². The molecule has 3 aromatic rings. The molecule has 0 unspecified atom stereocenters. The lowest BCUT2D eigenvalue weighted by Crippen LogP contribution is -2.51. The number of phenolic OH excluding ortho intramolecular Hbond substituents is 1. The maximum absolute atomic E-state index is 13.3. The van der Waals surface area contributed by atoms with Gasteiger partial charge in [0.15, 0.2) is 0 Å². The Morgan fingerprint density at radius 3 is 2.46 bits per heavy atom. The van der Waals surface area contributed by atoms with E-state index in [0.717, 1.165) is 49.3 Å². The molecule has 5 rings (SSSR count). The van der Waals surface area contributed by atoms with E-state index in [4.69, 9.17) is 11.6 Å². The van der Waals surface area contributed by atoms with Crippen LogP contribution in [0, 0.1) is 0 Å². The predicted molar refractivity (Wildman–Crippen MR) is 138 cm³/mol. The number of phenols is 1. The van der Waals surface area contributed by atoms with Crippen molar-refractivity contribution in [3.63, 3.8) is 0 Å². The summed E-state index contributed by atoms with van der Waals surface area (Å²) in [6.07, 6.45) is 3.18. The zero-order valence-electron chi connectivity index (χ0n) is 19.6. The Hall–Kier alpha value is -3.09. The number of halogens is 1. The van der Waals surface area contributed by atoms with Crippen LogP contribution >= 0.6 is 11.6 Å². The molecule has 0 aromatic heterocycles. The monoisotopic (exact) mass is 491 g/mol. The minimum absolute atomic E-state index is 0.0211. The van der Waals surface area contributed by atoms with Crippen LogP contribution in [0.4, 0.5) is 0 Å². The van der Waals surface area contributed by atoms with Crippen molar-refractivity contribution < 1.29 is 14.7 Å². The molecule has 2 amide bonds. The van der Waals surface area contributed by atoms with E-state index in [1.807, 2.05) is 36.4 Å². The third-order valence-electron chi connectivity index (χ3n) is 7.20. The van der Waals surface area contributed by atoms with Crippen LogP contribution in [0.2, 0.25) is 5.02 Å². The van der Waals surface area contributed by atoms with Crippen molar-refractivity contribution in [2.24, 2.45) is 0 Å². The summed E-state index contributed by atoms with van der Waals surface area (Å²) in [5.74, 6) is -0.400. The van der Waals surface area contributed by atoms with E-state index < -0.39 is 6.04 Å². The number of rotatable bonds is 5. The first-order valence-electron chi connectivity index (χ1n) is 12.3. The number of likely N-dealkylation sites (tertiary alicyclic amines) is 2. The minimum atomic E-state index is -0.500. The summed E-state index contributed by atoms with van der Waals surface area (Å²) in [6.45, 7) is 3.21. The first kappa shape index (κ1) is 23.6. The van der Waals surface area contributed by atoms with Crippen molar-refractivity contribution in [2.45, 2.75) is 44.3 Å².